The Labute approximate surface area is 187 Å². The molecule has 0 radical (unpaired) electrons. The van der Waals surface area contributed by atoms with Crippen LogP contribution >= 0.6 is 0 Å². The molecule has 32 heavy (non-hydrogen) atoms. The Bertz CT molecular complexity index is 1280. The quantitative estimate of drug-likeness (QED) is 0.380. The van der Waals surface area contributed by atoms with Crippen LogP contribution in [0, 0.1) is 6.92 Å². The first-order chi connectivity index (χ1) is 15.3. The Morgan fingerprint density at radius 1 is 1.34 bits per heavy atom. The molecule has 1 aliphatic rings. The van der Waals surface area contributed by atoms with Crippen molar-refractivity contribution in [2.45, 2.75) is 45.4 Å². The second-order valence-corrected chi connectivity index (χ2v) is 9.64. The van der Waals surface area contributed by atoms with E-state index in [1.165, 1.54) is 24.5 Å². The Morgan fingerprint density at radius 2 is 2.12 bits per heavy atom. The van der Waals surface area contributed by atoms with Crippen molar-refractivity contribution in [1.82, 2.24) is 28.8 Å². The number of aromatic nitrogens is 4. The lowest BCUT2D eigenvalue weighted by Gasteiger charge is -2.08. The molecule has 10 heteroatoms. The first kappa shape index (κ1) is 22.2. The Balaban J connectivity index is 1.59. The summed E-state index contributed by atoms with van der Waals surface area (Å²) in [5.41, 5.74) is 3.50. The fourth-order valence-corrected chi connectivity index (χ4v) is 4.56. The van der Waals surface area contributed by atoms with Gasteiger partial charge >= 0.3 is 10.2 Å². The van der Waals surface area contributed by atoms with Gasteiger partial charge in [-0.15, -0.1) is 0 Å². The maximum atomic E-state index is 12.2. The van der Waals surface area contributed by atoms with Gasteiger partial charge in [-0.1, -0.05) is 13.3 Å². The molecule has 0 spiro atoms. The summed E-state index contributed by atoms with van der Waals surface area (Å²) in [4.78, 5) is 16.9. The first-order valence-corrected chi connectivity index (χ1v) is 12.3. The highest BCUT2D eigenvalue weighted by atomic mass is 32.2. The number of carbonyl (C=O) groups excluding carboxylic acids is 1. The summed E-state index contributed by atoms with van der Waals surface area (Å²) < 4.78 is 32.0. The second-order valence-electron chi connectivity index (χ2n) is 8.14. The van der Waals surface area contributed by atoms with Gasteiger partial charge < -0.3 is 0 Å². The van der Waals surface area contributed by atoms with Crippen LogP contribution in [0.3, 0.4) is 0 Å². The van der Waals surface area contributed by atoms with Crippen LogP contribution in [0.25, 0.3) is 22.9 Å². The van der Waals surface area contributed by atoms with Crippen molar-refractivity contribution in [2.75, 3.05) is 6.54 Å². The molecule has 3 heterocycles. The van der Waals surface area contributed by atoms with Crippen LogP contribution < -0.4 is 9.44 Å². The number of aryl methyl sites for hydroxylation is 2. The number of hydrogen-bond acceptors (Lipinski definition) is 5. The van der Waals surface area contributed by atoms with E-state index in [-0.39, 0.29) is 6.54 Å². The summed E-state index contributed by atoms with van der Waals surface area (Å²) in [6.45, 7) is 4.08. The van der Waals surface area contributed by atoms with Gasteiger partial charge in [0.2, 0.25) is 0 Å². The Morgan fingerprint density at radius 3 is 2.84 bits per heavy atom. The van der Waals surface area contributed by atoms with Crippen LogP contribution in [0.15, 0.2) is 30.6 Å². The molecule has 4 rings (SSSR count). The number of fused-ring (bicyclic) bond motifs is 1. The number of hydrogen-bond donors (Lipinski definition) is 2. The monoisotopic (exact) mass is 456 g/mol. The third-order valence-corrected chi connectivity index (χ3v) is 6.57. The zero-order valence-corrected chi connectivity index (χ0v) is 19.3. The SMILES string of the molecule is CCCCNS(=O)(=O)NC(=O)C=Cc1c(C)nn(C)c1-n1ccc2cc(C3CC3)cnc21. The highest BCUT2D eigenvalue weighted by molar-refractivity contribution is 7.88. The van der Waals surface area contributed by atoms with E-state index < -0.39 is 16.1 Å². The van der Waals surface area contributed by atoms with Gasteiger partial charge in [0.1, 0.15) is 11.5 Å². The van der Waals surface area contributed by atoms with Crippen molar-refractivity contribution >= 4 is 33.2 Å². The molecule has 9 nitrogen and oxygen atoms in total. The van der Waals surface area contributed by atoms with Crippen LogP contribution in [-0.4, -0.2) is 40.2 Å². The van der Waals surface area contributed by atoms with Crippen molar-refractivity contribution in [3.8, 4) is 5.82 Å². The molecule has 0 bridgehead atoms. The molecule has 0 aromatic carbocycles. The standard InChI is InChI=1S/C22H28N6O3S/c1-4-5-11-24-32(30,31)26-20(29)9-8-19-15(2)25-27(3)22(19)28-12-10-17-13-18(16-6-7-16)14-23-21(17)28/h8-10,12-14,16,24H,4-7,11H2,1-3H3,(H,26,29). The van der Waals surface area contributed by atoms with E-state index in [0.717, 1.165) is 23.3 Å². The van der Waals surface area contributed by atoms with Gasteiger partial charge in [0.25, 0.3) is 5.91 Å². The molecular weight excluding hydrogens is 428 g/mol. The molecule has 3 aromatic rings. The maximum Gasteiger partial charge on any atom is 0.301 e. The van der Waals surface area contributed by atoms with Crippen molar-refractivity contribution in [2.24, 2.45) is 7.05 Å². The van der Waals surface area contributed by atoms with Crippen LogP contribution in [0.5, 0.6) is 0 Å². The fourth-order valence-electron chi connectivity index (χ4n) is 3.74. The smallest absolute Gasteiger partial charge is 0.285 e. The highest BCUT2D eigenvalue weighted by Gasteiger charge is 2.24. The lowest BCUT2D eigenvalue weighted by Crippen LogP contribution is -2.39. The van der Waals surface area contributed by atoms with Crippen molar-refractivity contribution in [3.05, 3.63) is 47.4 Å². The van der Waals surface area contributed by atoms with Gasteiger partial charge in [-0.2, -0.15) is 18.2 Å². The predicted octanol–water partition coefficient (Wildman–Crippen LogP) is 2.71. The molecule has 0 unspecified atom stereocenters. The minimum atomic E-state index is -3.89. The number of nitrogens with one attached hydrogen (secondary N) is 2. The van der Waals surface area contributed by atoms with E-state index in [4.69, 9.17) is 0 Å². The van der Waals surface area contributed by atoms with Gasteiger partial charge in [0, 0.05) is 43.0 Å². The van der Waals surface area contributed by atoms with Crippen molar-refractivity contribution in [1.29, 1.82) is 0 Å². The van der Waals surface area contributed by atoms with Gasteiger partial charge in [0.05, 0.1) is 5.69 Å². The van der Waals surface area contributed by atoms with E-state index in [1.54, 1.807) is 10.8 Å². The van der Waals surface area contributed by atoms with Crippen LogP contribution in [0.1, 0.15) is 55.3 Å². The van der Waals surface area contributed by atoms with Crippen LogP contribution in [-0.2, 0) is 22.1 Å². The minimum absolute atomic E-state index is 0.283. The molecule has 2 N–H and O–H groups in total. The largest absolute Gasteiger partial charge is 0.301 e. The normalized spacial score (nSPS) is 14.5. The summed E-state index contributed by atoms with van der Waals surface area (Å²) in [6.07, 6.45) is 10.6. The molecule has 1 fully saturated rings. The van der Waals surface area contributed by atoms with E-state index in [1.807, 2.05) is 48.6 Å². The fraction of sp³-hybridized carbons (Fsp3) is 0.409. The molecule has 1 saturated carbocycles. The summed E-state index contributed by atoms with van der Waals surface area (Å²) in [7, 11) is -2.06. The van der Waals surface area contributed by atoms with Crippen LogP contribution in [0.2, 0.25) is 0 Å². The zero-order valence-electron chi connectivity index (χ0n) is 18.5. The average molecular weight is 457 g/mol. The van der Waals surface area contributed by atoms with Crippen molar-refractivity contribution < 1.29 is 13.2 Å². The van der Waals surface area contributed by atoms with Crippen LogP contribution in [0.4, 0.5) is 0 Å². The number of unbranched alkanes of at least 4 members (excludes halogenated alkanes) is 1. The third kappa shape index (κ3) is 4.76. The summed E-state index contributed by atoms with van der Waals surface area (Å²) in [5, 5.41) is 5.53. The Hall–Kier alpha value is -2.98. The lowest BCUT2D eigenvalue weighted by atomic mass is 10.1. The molecule has 1 amide bonds. The molecule has 0 atom stereocenters. The minimum Gasteiger partial charge on any atom is -0.285 e. The molecule has 3 aromatic heterocycles. The Kier molecular flexibility index (Phi) is 6.16. The summed E-state index contributed by atoms with van der Waals surface area (Å²) >= 11 is 0. The number of carbonyl (C=O) groups is 1. The molecule has 170 valence electrons. The maximum absolute atomic E-state index is 12.2. The molecular formula is C22H28N6O3S. The van der Waals surface area contributed by atoms with E-state index in [9.17, 15) is 13.2 Å². The number of rotatable bonds is 9. The molecule has 1 aliphatic carbocycles. The first-order valence-electron chi connectivity index (χ1n) is 10.8. The van der Waals surface area contributed by atoms with Gasteiger partial charge in [0.15, 0.2) is 0 Å². The zero-order chi connectivity index (χ0) is 22.9. The number of amides is 1. The van der Waals surface area contributed by atoms with E-state index >= 15 is 0 Å². The molecule has 0 saturated heterocycles. The molecule has 0 aliphatic heterocycles. The van der Waals surface area contributed by atoms with E-state index in [0.29, 0.717) is 23.6 Å². The topological polar surface area (TPSA) is 111 Å². The lowest BCUT2D eigenvalue weighted by molar-refractivity contribution is -0.114. The highest BCUT2D eigenvalue weighted by Crippen LogP contribution is 2.40. The number of nitrogens with zero attached hydrogens (tertiary/aromatic N) is 4. The average Bonchev–Trinajstić information content (AvgIpc) is 3.44. The van der Waals surface area contributed by atoms with Gasteiger partial charge in [-0.3, -0.25) is 14.0 Å². The third-order valence-electron chi connectivity index (χ3n) is 5.52. The summed E-state index contributed by atoms with van der Waals surface area (Å²) in [5.74, 6) is 0.642. The number of pyridine rings is 1. The predicted molar refractivity (Wildman–Crippen MR) is 124 cm³/mol. The van der Waals surface area contributed by atoms with E-state index in [2.05, 4.69) is 20.9 Å². The van der Waals surface area contributed by atoms with Gasteiger partial charge in [-0.05, 0) is 55.9 Å². The summed E-state index contributed by atoms with van der Waals surface area (Å²) in [6, 6.07) is 4.20. The van der Waals surface area contributed by atoms with Gasteiger partial charge in [-0.25, -0.2) is 9.71 Å². The second kappa shape index (κ2) is 8.87. The van der Waals surface area contributed by atoms with Crippen molar-refractivity contribution in [3.63, 3.8) is 0 Å².